The number of nitrogens with one attached hydrogen (secondary N) is 1. The van der Waals surface area contributed by atoms with E-state index in [1.165, 1.54) is 0 Å². The third kappa shape index (κ3) is 4.04. The predicted molar refractivity (Wildman–Crippen MR) is 81.4 cm³/mol. The third-order valence-electron chi connectivity index (χ3n) is 3.38. The molecule has 0 saturated carbocycles. The molecule has 0 bridgehead atoms. The fourth-order valence-electron chi connectivity index (χ4n) is 1.89. The lowest BCUT2D eigenvalue weighted by molar-refractivity contribution is 0.254. The standard InChI is InChI=1S/C15H25NO3S/c1-6-13(10-17)16-20(18,19)14-9-12(15(3,4)5)8-7-11(14)2/h7-9,13,16-17H,6,10H2,1-5H3/t13-/m1/s1. The Kier molecular flexibility index (Phi) is 5.35. The molecule has 1 atom stereocenters. The lowest BCUT2D eigenvalue weighted by Gasteiger charge is -2.22. The highest BCUT2D eigenvalue weighted by atomic mass is 32.2. The van der Waals surface area contributed by atoms with Crippen LogP contribution in [0.4, 0.5) is 0 Å². The number of aliphatic hydroxyl groups is 1. The summed E-state index contributed by atoms with van der Waals surface area (Å²) in [6.45, 7) is 9.55. The molecule has 4 nitrogen and oxygen atoms in total. The van der Waals surface area contributed by atoms with Gasteiger partial charge < -0.3 is 5.11 Å². The number of benzene rings is 1. The Hall–Kier alpha value is -0.910. The second-order valence-corrected chi connectivity index (χ2v) is 7.82. The Labute approximate surface area is 122 Å². The fourth-order valence-corrected chi connectivity index (χ4v) is 3.47. The second kappa shape index (κ2) is 6.24. The molecule has 0 saturated heterocycles. The van der Waals surface area contributed by atoms with Gasteiger partial charge in [0.25, 0.3) is 0 Å². The van der Waals surface area contributed by atoms with Crippen molar-refractivity contribution in [1.82, 2.24) is 4.72 Å². The van der Waals surface area contributed by atoms with Crippen molar-refractivity contribution in [1.29, 1.82) is 0 Å². The van der Waals surface area contributed by atoms with E-state index < -0.39 is 16.1 Å². The summed E-state index contributed by atoms with van der Waals surface area (Å²) in [7, 11) is -3.61. The highest BCUT2D eigenvalue weighted by molar-refractivity contribution is 7.89. The van der Waals surface area contributed by atoms with E-state index in [2.05, 4.69) is 4.72 Å². The average molecular weight is 299 g/mol. The number of hydrogen-bond donors (Lipinski definition) is 2. The molecule has 2 N–H and O–H groups in total. The fraction of sp³-hybridized carbons (Fsp3) is 0.600. The van der Waals surface area contributed by atoms with E-state index in [1.807, 2.05) is 39.8 Å². The highest BCUT2D eigenvalue weighted by Gasteiger charge is 2.23. The van der Waals surface area contributed by atoms with Crippen LogP contribution in [0.1, 0.15) is 45.2 Å². The van der Waals surface area contributed by atoms with Crippen molar-refractivity contribution in [3.8, 4) is 0 Å². The molecule has 0 aliphatic rings. The summed E-state index contributed by atoms with van der Waals surface area (Å²) in [6, 6.07) is 5.06. The Balaban J connectivity index is 3.24. The Morgan fingerprint density at radius 3 is 2.35 bits per heavy atom. The molecule has 5 heteroatoms. The van der Waals surface area contributed by atoms with Gasteiger partial charge >= 0.3 is 0 Å². The van der Waals surface area contributed by atoms with Crippen LogP contribution in [-0.4, -0.2) is 26.2 Å². The Morgan fingerprint density at radius 1 is 1.30 bits per heavy atom. The molecule has 0 fully saturated rings. The van der Waals surface area contributed by atoms with Gasteiger partial charge in [-0.05, 0) is 36.0 Å². The van der Waals surface area contributed by atoms with E-state index in [0.717, 1.165) is 5.56 Å². The lowest BCUT2D eigenvalue weighted by atomic mass is 9.87. The molecule has 0 heterocycles. The quantitative estimate of drug-likeness (QED) is 0.877. The van der Waals surface area contributed by atoms with Crippen molar-refractivity contribution in [2.24, 2.45) is 0 Å². The Morgan fingerprint density at radius 2 is 1.90 bits per heavy atom. The predicted octanol–water partition coefficient (Wildman–Crippen LogP) is 2.34. The molecule has 0 aliphatic heterocycles. The minimum atomic E-state index is -3.61. The molecule has 1 aromatic carbocycles. The minimum absolute atomic E-state index is 0.112. The van der Waals surface area contributed by atoms with Crippen LogP contribution in [-0.2, 0) is 15.4 Å². The third-order valence-corrected chi connectivity index (χ3v) is 5.04. The van der Waals surface area contributed by atoms with E-state index in [0.29, 0.717) is 12.0 Å². The zero-order valence-corrected chi connectivity index (χ0v) is 13.7. The van der Waals surface area contributed by atoms with Crippen LogP contribution >= 0.6 is 0 Å². The van der Waals surface area contributed by atoms with Crippen LogP contribution in [0.5, 0.6) is 0 Å². The summed E-state index contributed by atoms with van der Waals surface area (Å²) in [5, 5.41) is 9.16. The minimum Gasteiger partial charge on any atom is -0.395 e. The van der Waals surface area contributed by atoms with E-state index in [1.54, 1.807) is 13.0 Å². The van der Waals surface area contributed by atoms with Crippen molar-refractivity contribution < 1.29 is 13.5 Å². The summed E-state index contributed by atoms with van der Waals surface area (Å²) in [5.41, 5.74) is 1.57. The molecule has 0 unspecified atom stereocenters. The van der Waals surface area contributed by atoms with Crippen molar-refractivity contribution in [3.05, 3.63) is 29.3 Å². The van der Waals surface area contributed by atoms with Crippen LogP contribution in [0.25, 0.3) is 0 Å². The topological polar surface area (TPSA) is 66.4 Å². The van der Waals surface area contributed by atoms with Crippen molar-refractivity contribution in [3.63, 3.8) is 0 Å². The van der Waals surface area contributed by atoms with Crippen LogP contribution in [0.2, 0.25) is 0 Å². The van der Waals surface area contributed by atoms with Gasteiger partial charge in [0.2, 0.25) is 10.0 Å². The van der Waals surface area contributed by atoms with E-state index in [-0.39, 0.29) is 16.9 Å². The van der Waals surface area contributed by atoms with Gasteiger partial charge in [-0.3, -0.25) is 0 Å². The summed E-state index contributed by atoms with van der Waals surface area (Å²) in [4.78, 5) is 0.289. The second-order valence-electron chi connectivity index (χ2n) is 6.14. The number of rotatable bonds is 5. The van der Waals surface area contributed by atoms with Crippen LogP contribution in [0.15, 0.2) is 23.1 Å². The largest absolute Gasteiger partial charge is 0.395 e. The first kappa shape index (κ1) is 17.1. The van der Waals surface area contributed by atoms with Gasteiger partial charge in [-0.2, -0.15) is 0 Å². The van der Waals surface area contributed by atoms with E-state index >= 15 is 0 Å². The number of aliphatic hydroxyl groups excluding tert-OH is 1. The highest BCUT2D eigenvalue weighted by Crippen LogP contribution is 2.26. The maximum Gasteiger partial charge on any atom is 0.241 e. The van der Waals surface area contributed by atoms with Crippen molar-refractivity contribution in [2.75, 3.05) is 6.61 Å². The molecule has 0 aromatic heterocycles. The first-order valence-electron chi connectivity index (χ1n) is 6.86. The first-order chi connectivity index (χ1) is 9.11. The molecular formula is C15H25NO3S. The number of sulfonamides is 1. The van der Waals surface area contributed by atoms with Crippen molar-refractivity contribution >= 4 is 10.0 Å². The zero-order chi connectivity index (χ0) is 15.6. The van der Waals surface area contributed by atoms with Gasteiger partial charge in [0, 0.05) is 6.04 Å². The van der Waals surface area contributed by atoms with E-state index in [4.69, 9.17) is 5.11 Å². The normalized spacial score (nSPS) is 14.3. The molecular weight excluding hydrogens is 274 g/mol. The van der Waals surface area contributed by atoms with Gasteiger partial charge in [-0.25, -0.2) is 13.1 Å². The maximum absolute atomic E-state index is 12.4. The summed E-state index contributed by atoms with van der Waals surface area (Å²) in [5.74, 6) is 0. The molecule has 20 heavy (non-hydrogen) atoms. The molecule has 0 radical (unpaired) electrons. The smallest absolute Gasteiger partial charge is 0.241 e. The molecule has 0 amide bonds. The van der Waals surface area contributed by atoms with Gasteiger partial charge in [-0.15, -0.1) is 0 Å². The zero-order valence-electron chi connectivity index (χ0n) is 12.9. The van der Waals surface area contributed by atoms with Gasteiger partial charge in [0.05, 0.1) is 11.5 Å². The SMILES string of the molecule is CC[C@H](CO)NS(=O)(=O)c1cc(C(C)(C)C)ccc1C. The Bertz CT molecular complexity index is 555. The lowest BCUT2D eigenvalue weighted by Crippen LogP contribution is -2.37. The summed E-state index contributed by atoms with van der Waals surface area (Å²) < 4.78 is 27.4. The molecule has 1 rings (SSSR count). The van der Waals surface area contributed by atoms with Gasteiger partial charge in [-0.1, -0.05) is 39.8 Å². The molecule has 114 valence electrons. The number of aryl methyl sites for hydroxylation is 1. The summed E-state index contributed by atoms with van der Waals surface area (Å²) in [6.07, 6.45) is 0.549. The maximum atomic E-state index is 12.4. The first-order valence-corrected chi connectivity index (χ1v) is 8.34. The summed E-state index contributed by atoms with van der Waals surface area (Å²) >= 11 is 0. The van der Waals surface area contributed by atoms with Crippen LogP contribution < -0.4 is 4.72 Å². The monoisotopic (exact) mass is 299 g/mol. The van der Waals surface area contributed by atoms with Gasteiger partial charge in [0.1, 0.15) is 0 Å². The van der Waals surface area contributed by atoms with Gasteiger partial charge in [0.15, 0.2) is 0 Å². The number of hydrogen-bond acceptors (Lipinski definition) is 3. The molecule has 0 aliphatic carbocycles. The van der Waals surface area contributed by atoms with Crippen molar-refractivity contribution in [2.45, 2.75) is 57.4 Å². The van der Waals surface area contributed by atoms with E-state index in [9.17, 15) is 8.42 Å². The molecule has 1 aromatic rings. The average Bonchev–Trinajstić information content (AvgIpc) is 2.34. The molecule has 0 spiro atoms. The van der Waals surface area contributed by atoms with Crippen LogP contribution in [0, 0.1) is 6.92 Å². The van der Waals surface area contributed by atoms with Crippen LogP contribution in [0.3, 0.4) is 0 Å².